The van der Waals surface area contributed by atoms with Gasteiger partial charge in [0, 0.05) is 18.0 Å². The zero-order valence-electron chi connectivity index (χ0n) is 10.9. The van der Waals surface area contributed by atoms with Crippen LogP contribution in [0.3, 0.4) is 0 Å². The molecule has 0 saturated heterocycles. The van der Waals surface area contributed by atoms with E-state index in [-0.39, 0.29) is 11.5 Å². The number of aliphatic hydroxyl groups is 1. The van der Waals surface area contributed by atoms with Crippen LogP contribution in [0, 0.1) is 10.1 Å². The molecule has 0 aliphatic rings. The molecule has 0 aliphatic carbocycles. The predicted octanol–water partition coefficient (Wildman–Crippen LogP) is 3.55. The number of nitrogens with zero attached hydrogens (tertiary/aromatic N) is 1. The van der Waals surface area contributed by atoms with Gasteiger partial charge in [0.15, 0.2) is 0 Å². The summed E-state index contributed by atoms with van der Waals surface area (Å²) in [4.78, 5) is 9.84. The van der Waals surface area contributed by atoms with E-state index in [9.17, 15) is 10.1 Å². The molecule has 0 aliphatic heterocycles. The highest BCUT2D eigenvalue weighted by atomic mass is 16.6. The summed E-state index contributed by atoms with van der Waals surface area (Å²) in [5.41, 5.74) is 0. The number of nitro groups is 1. The number of rotatable bonds is 13. The Hall–Kier alpha value is -0.640. The molecule has 0 amide bonds. The van der Waals surface area contributed by atoms with Gasteiger partial charge in [0.2, 0.25) is 6.54 Å². The monoisotopic (exact) mass is 245 g/mol. The topological polar surface area (TPSA) is 63.4 Å². The number of hydrogen-bond acceptors (Lipinski definition) is 3. The molecule has 0 saturated carbocycles. The highest BCUT2D eigenvalue weighted by Crippen LogP contribution is 2.11. The molecule has 0 spiro atoms. The van der Waals surface area contributed by atoms with Crippen molar-refractivity contribution in [2.45, 2.75) is 70.6 Å². The molecule has 0 bridgehead atoms. The Bertz CT molecular complexity index is 174. The molecule has 102 valence electrons. The highest BCUT2D eigenvalue weighted by Gasteiger charge is 1.97. The summed E-state index contributed by atoms with van der Waals surface area (Å²) in [5.74, 6) is 0. The fourth-order valence-corrected chi connectivity index (χ4v) is 1.94. The average molecular weight is 245 g/mol. The second kappa shape index (κ2) is 13.4. The lowest BCUT2D eigenvalue weighted by Gasteiger charge is -2.01. The summed E-state index contributed by atoms with van der Waals surface area (Å²) < 4.78 is 0. The molecule has 0 aromatic heterocycles. The molecule has 0 fully saturated rings. The van der Waals surface area contributed by atoms with Crippen molar-refractivity contribution in [1.29, 1.82) is 0 Å². The van der Waals surface area contributed by atoms with Gasteiger partial charge in [0.25, 0.3) is 0 Å². The SMILES string of the molecule is O=[N+]([O-])CCCCCCCCCCCCCO. The maximum absolute atomic E-state index is 10.1. The summed E-state index contributed by atoms with van der Waals surface area (Å²) in [6, 6.07) is 0. The van der Waals surface area contributed by atoms with E-state index >= 15 is 0 Å². The fourth-order valence-electron chi connectivity index (χ4n) is 1.94. The minimum absolute atomic E-state index is 0.130. The van der Waals surface area contributed by atoms with Crippen molar-refractivity contribution in [1.82, 2.24) is 0 Å². The standard InChI is InChI=1S/C13H27NO3/c15-13-11-9-7-5-3-1-2-4-6-8-10-12-14(16)17/h15H,1-13H2. The molecule has 0 unspecified atom stereocenters. The molecule has 0 radical (unpaired) electrons. The molecule has 4 heteroatoms. The predicted molar refractivity (Wildman–Crippen MR) is 69.7 cm³/mol. The maximum Gasteiger partial charge on any atom is 0.203 e. The van der Waals surface area contributed by atoms with Gasteiger partial charge in [-0.25, -0.2) is 0 Å². The van der Waals surface area contributed by atoms with E-state index in [0.29, 0.717) is 6.61 Å². The number of unbranched alkanes of at least 4 members (excludes halogenated alkanes) is 10. The van der Waals surface area contributed by atoms with Gasteiger partial charge < -0.3 is 5.11 Å². The van der Waals surface area contributed by atoms with Crippen LogP contribution in [0.15, 0.2) is 0 Å². The Morgan fingerprint density at radius 3 is 1.41 bits per heavy atom. The third-order valence-corrected chi connectivity index (χ3v) is 3.00. The molecule has 4 nitrogen and oxygen atoms in total. The van der Waals surface area contributed by atoms with Crippen molar-refractivity contribution in [3.05, 3.63) is 10.1 Å². The molecule has 0 rings (SSSR count). The minimum atomic E-state index is -0.230. The second-order valence-electron chi connectivity index (χ2n) is 4.67. The summed E-state index contributed by atoms with van der Waals surface area (Å²) in [6.45, 7) is 0.453. The van der Waals surface area contributed by atoms with E-state index in [2.05, 4.69) is 0 Å². The van der Waals surface area contributed by atoms with Crippen LogP contribution >= 0.6 is 0 Å². The molecule has 17 heavy (non-hydrogen) atoms. The largest absolute Gasteiger partial charge is 0.396 e. The Labute approximate surface area is 105 Å². The zero-order chi connectivity index (χ0) is 12.8. The van der Waals surface area contributed by atoms with E-state index in [1.54, 1.807) is 0 Å². The van der Waals surface area contributed by atoms with Gasteiger partial charge in [-0.1, -0.05) is 51.4 Å². The quantitative estimate of drug-likeness (QED) is 0.306. The molecule has 1 N–H and O–H groups in total. The van der Waals surface area contributed by atoms with E-state index in [1.165, 1.54) is 38.5 Å². The number of hydrogen-bond donors (Lipinski definition) is 1. The van der Waals surface area contributed by atoms with Crippen molar-refractivity contribution < 1.29 is 10.0 Å². The van der Waals surface area contributed by atoms with Crippen LogP contribution in [0.5, 0.6) is 0 Å². The summed E-state index contributed by atoms with van der Waals surface area (Å²) in [7, 11) is 0. The smallest absolute Gasteiger partial charge is 0.203 e. The lowest BCUT2D eigenvalue weighted by Crippen LogP contribution is -1.99. The van der Waals surface area contributed by atoms with Crippen molar-refractivity contribution in [2.24, 2.45) is 0 Å². The van der Waals surface area contributed by atoms with Crippen molar-refractivity contribution in [2.75, 3.05) is 13.2 Å². The average Bonchev–Trinajstić information content (AvgIpc) is 2.30. The van der Waals surface area contributed by atoms with Gasteiger partial charge in [-0.3, -0.25) is 10.1 Å². The van der Waals surface area contributed by atoms with Crippen LogP contribution in [-0.4, -0.2) is 23.2 Å². The Morgan fingerprint density at radius 2 is 1.06 bits per heavy atom. The van der Waals surface area contributed by atoms with Crippen LogP contribution in [0.2, 0.25) is 0 Å². The van der Waals surface area contributed by atoms with E-state index in [4.69, 9.17) is 5.11 Å². The van der Waals surface area contributed by atoms with Gasteiger partial charge in [0.05, 0.1) is 0 Å². The van der Waals surface area contributed by atoms with Crippen molar-refractivity contribution >= 4 is 0 Å². The molecule has 0 aromatic rings. The first-order valence-corrected chi connectivity index (χ1v) is 7.00. The molecular formula is C13H27NO3. The lowest BCUT2D eigenvalue weighted by molar-refractivity contribution is -0.480. The Kier molecular flexibility index (Phi) is 12.9. The van der Waals surface area contributed by atoms with Crippen LogP contribution < -0.4 is 0 Å². The normalized spacial score (nSPS) is 10.6. The minimum Gasteiger partial charge on any atom is -0.396 e. The van der Waals surface area contributed by atoms with Crippen LogP contribution in [0.25, 0.3) is 0 Å². The van der Waals surface area contributed by atoms with Crippen molar-refractivity contribution in [3.8, 4) is 0 Å². The van der Waals surface area contributed by atoms with E-state index in [1.807, 2.05) is 0 Å². The second-order valence-corrected chi connectivity index (χ2v) is 4.67. The lowest BCUT2D eigenvalue weighted by atomic mass is 10.1. The highest BCUT2D eigenvalue weighted by molar-refractivity contribution is 4.48. The van der Waals surface area contributed by atoms with Gasteiger partial charge in [-0.15, -0.1) is 0 Å². The van der Waals surface area contributed by atoms with Crippen molar-refractivity contribution in [3.63, 3.8) is 0 Å². The first-order chi connectivity index (χ1) is 8.27. The van der Waals surface area contributed by atoms with Gasteiger partial charge in [0.1, 0.15) is 0 Å². The first kappa shape index (κ1) is 16.4. The molecular weight excluding hydrogens is 218 g/mol. The summed E-state index contributed by atoms with van der Waals surface area (Å²) in [5, 5.41) is 18.7. The van der Waals surface area contributed by atoms with Gasteiger partial charge >= 0.3 is 0 Å². The zero-order valence-corrected chi connectivity index (χ0v) is 10.9. The Balaban J connectivity index is 2.91. The maximum atomic E-state index is 10.1. The van der Waals surface area contributed by atoms with E-state index < -0.39 is 0 Å². The van der Waals surface area contributed by atoms with Gasteiger partial charge in [-0.2, -0.15) is 0 Å². The number of aliphatic hydroxyl groups excluding tert-OH is 1. The first-order valence-electron chi connectivity index (χ1n) is 7.00. The Morgan fingerprint density at radius 1 is 0.706 bits per heavy atom. The van der Waals surface area contributed by atoms with Gasteiger partial charge in [-0.05, 0) is 12.8 Å². The third kappa shape index (κ3) is 15.4. The molecule has 0 heterocycles. The van der Waals surface area contributed by atoms with Crippen LogP contribution in [-0.2, 0) is 0 Å². The van der Waals surface area contributed by atoms with Crippen LogP contribution in [0.1, 0.15) is 70.6 Å². The van der Waals surface area contributed by atoms with Crippen LogP contribution in [0.4, 0.5) is 0 Å². The third-order valence-electron chi connectivity index (χ3n) is 3.00. The van der Waals surface area contributed by atoms with E-state index in [0.717, 1.165) is 32.1 Å². The summed E-state index contributed by atoms with van der Waals surface area (Å²) in [6.07, 6.45) is 12.5. The molecule has 0 atom stereocenters. The fraction of sp³-hybridized carbons (Fsp3) is 1.00. The molecule has 0 aromatic carbocycles. The summed E-state index contributed by atoms with van der Waals surface area (Å²) >= 11 is 0.